The molecule has 31 heavy (non-hydrogen) atoms. The van der Waals surface area contributed by atoms with E-state index in [2.05, 4.69) is 5.32 Å². The zero-order valence-electron chi connectivity index (χ0n) is 17.3. The zero-order valence-corrected chi connectivity index (χ0v) is 17.3. The summed E-state index contributed by atoms with van der Waals surface area (Å²) in [4.78, 5) is 24.5. The highest BCUT2D eigenvalue weighted by molar-refractivity contribution is 6.03. The number of carbonyl (C=O) groups excluding carboxylic acids is 2. The molecular weight excluding hydrogens is 417 g/mol. The SMILES string of the molecule is COc1cc(CCC(=O)Nc2ccccc2C(=O)NCC(F)(F)F)cc(OC)c1OC. The predicted molar refractivity (Wildman–Crippen MR) is 108 cm³/mol. The van der Waals surface area contributed by atoms with Gasteiger partial charge in [0.1, 0.15) is 6.54 Å². The number of aryl methyl sites for hydroxylation is 1. The molecule has 168 valence electrons. The van der Waals surface area contributed by atoms with E-state index < -0.39 is 24.5 Å². The molecule has 0 saturated carbocycles. The molecule has 0 aromatic heterocycles. The molecule has 7 nitrogen and oxygen atoms in total. The summed E-state index contributed by atoms with van der Waals surface area (Å²) in [6.07, 6.45) is -4.16. The molecule has 0 atom stereocenters. The highest BCUT2D eigenvalue weighted by atomic mass is 19.4. The van der Waals surface area contributed by atoms with Crippen molar-refractivity contribution in [3.63, 3.8) is 0 Å². The second-order valence-electron chi connectivity index (χ2n) is 6.43. The van der Waals surface area contributed by atoms with Gasteiger partial charge in [-0.3, -0.25) is 9.59 Å². The highest BCUT2D eigenvalue weighted by Crippen LogP contribution is 2.38. The lowest BCUT2D eigenvalue weighted by molar-refractivity contribution is -0.123. The van der Waals surface area contributed by atoms with Crippen LogP contribution >= 0.6 is 0 Å². The summed E-state index contributed by atoms with van der Waals surface area (Å²) in [5.74, 6) is -0.0208. The number of anilines is 1. The van der Waals surface area contributed by atoms with Crippen molar-refractivity contribution in [1.29, 1.82) is 0 Å². The number of hydrogen-bond donors (Lipinski definition) is 2. The van der Waals surface area contributed by atoms with Crippen molar-refractivity contribution in [2.45, 2.75) is 19.0 Å². The van der Waals surface area contributed by atoms with Crippen LogP contribution in [0.5, 0.6) is 17.2 Å². The third-order valence-electron chi connectivity index (χ3n) is 4.26. The number of alkyl halides is 3. The molecule has 2 amide bonds. The van der Waals surface area contributed by atoms with Crippen LogP contribution in [0.4, 0.5) is 18.9 Å². The maximum Gasteiger partial charge on any atom is 0.405 e. The number of hydrogen-bond acceptors (Lipinski definition) is 5. The Morgan fingerprint density at radius 1 is 0.968 bits per heavy atom. The van der Waals surface area contributed by atoms with E-state index in [-0.39, 0.29) is 17.7 Å². The van der Waals surface area contributed by atoms with Gasteiger partial charge < -0.3 is 24.8 Å². The van der Waals surface area contributed by atoms with Crippen molar-refractivity contribution >= 4 is 17.5 Å². The van der Waals surface area contributed by atoms with Gasteiger partial charge in [-0.15, -0.1) is 0 Å². The molecule has 10 heteroatoms. The highest BCUT2D eigenvalue weighted by Gasteiger charge is 2.28. The number of amides is 2. The Labute approximate surface area is 177 Å². The fourth-order valence-corrected chi connectivity index (χ4v) is 2.82. The van der Waals surface area contributed by atoms with Gasteiger partial charge in [-0.2, -0.15) is 13.2 Å². The molecule has 0 spiro atoms. The lowest BCUT2D eigenvalue weighted by Gasteiger charge is -2.14. The Morgan fingerprint density at radius 3 is 2.13 bits per heavy atom. The molecule has 2 aromatic carbocycles. The van der Waals surface area contributed by atoms with Gasteiger partial charge in [0.15, 0.2) is 11.5 Å². The van der Waals surface area contributed by atoms with E-state index in [1.807, 2.05) is 0 Å². The van der Waals surface area contributed by atoms with Crippen molar-refractivity contribution in [1.82, 2.24) is 5.32 Å². The van der Waals surface area contributed by atoms with Crippen LogP contribution in [-0.4, -0.2) is 45.9 Å². The molecule has 0 radical (unpaired) electrons. The molecule has 0 fully saturated rings. The first kappa shape index (κ1) is 23.8. The normalized spacial score (nSPS) is 10.9. The molecule has 0 saturated heterocycles. The first-order chi connectivity index (χ1) is 14.7. The molecule has 2 N–H and O–H groups in total. The second kappa shape index (κ2) is 10.6. The molecule has 0 bridgehead atoms. The van der Waals surface area contributed by atoms with Gasteiger partial charge in [0.25, 0.3) is 5.91 Å². The first-order valence-corrected chi connectivity index (χ1v) is 9.21. The number of halogens is 3. The summed E-state index contributed by atoms with van der Waals surface area (Å²) in [5.41, 5.74) is 0.811. The minimum Gasteiger partial charge on any atom is -0.493 e. The molecular formula is C21H23F3N2O5. The van der Waals surface area contributed by atoms with Crippen molar-refractivity contribution in [2.24, 2.45) is 0 Å². The van der Waals surface area contributed by atoms with Crippen LogP contribution in [0.15, 0.2) is 36.4 Å². The van der Waals surface area contributed by atoms with Crippen molar-refractivity contribution in [3.05, 3.63) is 47.5 Å². The maximum atomic E-state index is 12.4. The monoisotopic (exact) mass is 440 g/mol. The number of methoxy groups -OCH3 is 3. The molecule has 0 heterocycles. The fraction of sp³-hybridized carbons (Fsp3) is 0.333. The molecule has 0 unspecified atom stereocenters. The van der Waals surface area contributed by atoms with Crippen LogP contribution in [0, 0.1) is 0 Å². The van der Waals surface area contributed by atoms with Crippen molar-refractivity contribution < 1.29 is 37.0 Å². The Hall–Kier alpha value is -3.43. The summed E-state index contributed by atoms with van der Waals surface area (Å²) in [6.45, 7) is -1.46. The largest absolute Gasteiger partial charge is 0.493 e. The van der Waals surface area contributed by atoms with Crippen LogP contribution in [0.2, 0.25) is 0 Å². The van der Waals surface area contributed by atoms with Gasteiger partial charge in [0.05, 0.1) is 32.6 Å². The zero-order chi connectivity index (χ0) is 23.0. The first-order valence-electron chi connectivity index (χ1n) is 9.21. The summed E-state index contributed by atoms with van der Waals surface area (Å²) in [7, 11) is 4.44. The van der Waals surface area contributed by atoms with Crippen LogP contribution < -0.4 is 24.8 Å². The Bertz CT molecular complexity index is 906. The molecule has 0 aliphatic rings. The minimum absolute atomic E-state index is 0.0527. The van der Waals surface area contributed by atoms with Crippen LogP contribution in [0.3, 0.4) is 0 Å². The van der Waals surface area contributed by atoms with E-state index in [1.165, 1.54) is 39.5 Å². The van der Waals surface area contributed by atoms with Gasteiger partial charge in [-0.05, 0) is 36.2 Å². The standard InChI is InChI=1S/C21H23F3N2O5/c1-29-16-10-13(11-17(30-2)19(16)31-3)8-9-18(27)26-15-7-5-4-6-14(15)20(28)25-12-21(22,23)24/h4-7,10-11H,8-9,12H2,1-3H3,(H,25,28)(H,26,27). The van der Waals surface area contributed by atoms with Crippen molar-refractivity contribution in [3.8, 4) is 17.2 Å². The van der Waals surface area contributed by atoms with E-state index >= 15 is 0 Å². The summed E-state index contributed by atoms with van der Waals surface area (Å²) < 4.78 is 52.9. The number of para-hydroxylation sites is 1. The predicted octanol–water partition coefficient (Wildman–Crippen LogP) is 3.58. The van der Waals surface area contributed by atoms with Gasteiger partial charge in [0.2, 0.25) is 11.7 Å². The molecule has 0 aliphatic heterocycles. The van der Waals surface area contributed by atoms with Crippen molar-refractivity contribution in [2.75, 3.05) is 33.2 Å². The van der Waals surface area contributed by atoms with E-state index in [1.54, 1.807) is 23.5 Å². The average molecular weight is 440 g/mol. The minimum atomic E-state index is -4.53. The van der Waals surface area contributed by atoms with E-state index in [9.17, 15) is 22.8 Å². The number of carbonyl (C=O) groups is 2. The Morgan fingerprint density at radius 2 is 1.58 bits per heavy atom. The lowest BCUT2D eigenvalue weighted by Crippen LogP contribution is -2.34. The third-order valence-corrected chi connectivity index (χ3v) is 4.26. The second-order valence-corrected chi connectivity index (χ2v) is 6.43. The van der Waals surface area contributed by atoms with E-state index in [0.29, 0.717) is 23.7 Å². The smallest absolute Gasteiger partial charge is 0.405 e. The molecule has 2 aromatic rings. The number of nitrogens with one attached hydrogen (secondary N) is 2. The van der Waals surface area contributed by atoms with Crippen LogP contribution in [-0.2, 0) is 11.2 Å². The van der Waals surface area contributed by atoms with Gasteiger partial charge in [0, 0.05) is 6.42 Å². The Balaban J connectivity index is 2.07. The maximum absolute atomic E-state index is 12.4. The quantitative estimate of drug-likeness (QED) is 0.623. The van der Waals surface area contributed by atoms with Gasteiger partial charge >= 0.3 is 6.18 Å². The average Bonchev–Trinajstić information content (AvgIpc) is 2.75. The summed E-state index contributed by atoms with van der Waals surface area (Å²) in [6, 6.07) is 9.27. The topological polar surface area (TPSA) is 85.9 Å². The summed E-state index contributed by atoms with van der Waals surface area (Å²) >= 11 is 0. The molecule has 2 rings (SSSR count). The number of ether oxygens (including phenoxy) is 3. The lowest BCUT2D eigenvalue weighted by atomic mass is 10.1. The third kappa shape index (κ3) is 6.80. The Kier molecular flexibility index (Phi) is 8.12. The summed E-state index contributed by atoms with van der Waals surface area (Å²) in [5, 5.41) is 4.36. The van der Waals surface area contributed by atoms with Gasteiger partial charge in [-0.25, -0.2) is 0 Å². The fourth-order valence-electron chi connectivity index (χ4n) is 2.82. The number of rotatable bonds is 9. The van der Waals surface area contributed by atoms with E-state index in [4.69, 9.17) is 14.2 Å². The van der Waals surface area contributed by atoms with Crippen LogP contribution in [0.25, 0.3) is 0 Å². The van der Waals surface area contributed by atoms with Crippen LogP contribution in [0.1, 0.15) is 22.3 Å². The van der Waals surface area contributed by atoms with Gasteiger partial charge in [-0.1, -0.05) is 12.1 Å². The van der Waals surface area contributed by atoms with E-state index in [0.717, 1.165) is 5.56 Å². The number of benzene rings is 2. The molecule has 0 aliphatic carbocycles.